The molecular weight excluding hydrogens is 252 g/mol. The number of hydrogen-bond donors (Lipinski definition) is 1. The Balaban J connectivity index is 2.22. The Hall–Kier alpha value is -2.33. The number of aliphatic hydroxyl groups is 1. The second-order valence-electron chi connectivity index (χ2n) is 4.75. The minimum atomic E-state index is -0.0221. The van der Waals surface area contributed by atoms with Crippen LogP contribution in [-0.2, 0) is 6.61 Å². The maximum atomic E-state index is 9.38. The molecule has 0 radical (unpaired) electrons. The van der Waals surface area contributed by atoms with E-state index in [0.29, 0.717) is 0 Å². The van der Waals surface area contributed by atoms with Crippen molar-refractivity contribution in [1.82, 2.24) is 9.38 Å². The quantitative estimate of drug-likeness (QED) is 0.794. The fourth-order valence-electron chi connectivity index (χ4n) is 2.35. The predicted molar refractivity (Wildman–Crippen MR) is 77.8 cm³/mol. The first-order chi connectivity index (χ1) is 9.72. The normalized spacial score (nSPS) is 10.9. The van der Waals surface area contributed by atoms with Crippen molar-refractivity contribution in [2.45, 2.75) is 13.5 Å². The molecule has 1 N–H and O–H groups in total. The summed E-state index contributed by atoms with van der Waals surface area (Å²) < 4.78 is 7.33. The molecular formula is C16H16N2O2. The van der Waals surface area contributed by atoms with E-state index in [1.807, 2.05) is 48.0 Å². The fourth-order valence-corrected chi connectivity index (χ4v) is 2.35. The Morgan fingerprint density at radius 3 is 2.90 bits per heavy atom. The van der Waals surface area contributed by atoms with Gasteiger partial charge in [0.25, 0.3) is 0 Å². The zero-order valence-electron chi connectivity index (χ0n) is 11.5. The van der Waals surface area contributed by atoms with E-state index >= 15 is 0 Å². The van der Waals surface area contributed by atoms with Crippen LogP contribution in [0.1, 0.15) is 11.1 Å². The van der Waals surface area contributed by atoms with Crippen LogP contribution >= 0.6 is 0 Å². The molecule has 0 amide bonds. The first-order valence-electron chi connectivity index (χ1n) is 6.45. The van der Waals surface area contributed by atoms with E-state index < -0.39 is 0 Å². The average Bonchev–Trinajstić information content (AvgIpc) is 2.90. The van der Waals surface area contributed by atoms with Crippen molar-refractivity contribution in [3.05, 3.63) is 53.9 Å². The van der Waals surface area contributed by atoms with Gasteiger partial charge in [0.15, 0.2) is 0 Å². The van der Waals surface area contributed by atoms with Gasteiger partial charge in [0, 0.05) is 23.5 Å². The molecule has 0 saturated heterocycles. The lowest BCUT2D eigenvalue weighted by molar-refractivity contribution is 0.282. The predicted octanol–water partition coefficient (Wildman–Crippen LogP) is 2.81. The molecule has 2 aromatic heterocycles. The zero-order chi connectivity index (χ0) is 14.1. The third kappa shape index (κ3) is 2.04. The largest absolute Gasteiger partial charge is 0.496 e. The third-order valence-corrected chi connectivity index (χ3v) is 3.36. The molecule has 0 aliphatic carbocycles. The van der Waals surface area contributed by atoms with Crippen molar-refractivity contribution in [3.8, 4) is 17.0 Å². The monoisotopic (exact) mass is 268 g/mol. The minimum Gasteiger partial charge on any atom is -0.496 e. The Morgan fingerprint density at radius 2 is 2.15 bits per heavy atom. The van der Waals surface area contributed by atoms with Crippen LogP contribution in [0.15, 0.2) is 42.7 Å². The van der Waals surface area contributed by atoms with Gasteiger partial charge in [-0.25, -0.2) is 4.98 Å². The summed E-state index contributed by atoms with van der Waals surface area (Å²) in [5.41, 5.74) is 4.53. The second-order valence-corrected chi connectivity index (χ2v) is 4.75. The lowest BCUT2D eigenvalue weighted by Gasteiger charge is -2.06. The zero-order valence-corrected chi connectivity index (χ0v) is 11.5. The number of hydrogen-bond acceptors (Lipinski definition) is 3. The summed E-state index contributed by atoms with van der Waals surface area (Å²) >= 11 is 0. The number of ether oxygens (including phenoxy) is 1. The van der Waals surface area contributed by atoms with Gasteiger partial charge in [0.2, 0.25) is 0 Å². The van der Waals surface area contributed by atoms with E-state index in [1.54, 1.807) is 7.11 Å². The van der Waals surface area contributed by atoms with Gasteiger partial charge in [-0.3, -0.25) is 0 Å². The highest BCUT2D eigenvalue weighted by atomic mass is 16.5. The highest BCUT2D eigenvalue weighted by molar-refractivity contribution is 5.70. The highest BCUT2D eigenvalue weighted by Crippen LogP contribution is 2.30. The van der Waals surface area contributed by atoms with Crippen LogP contribution in [0.4, 0.5) is 0 Å². The average molecular weight is 268 g/mol. The van der Waals surface area contributed by atoms with Crippen molar-refractivity contribution < 1.29 is 9.84 Å². The SMILES string of the molecule is COc1ccc(C)cc1-c1cn2cccc(CO)c2n1. The van der Waals surface area contributed by atoms with E-state index in [4.69, 9.17) is 4.74 Å². The standard InChI is InChI=1S/C16H16N2O2/c1-11-5-6-15(20-2)13(8-11)14-9-18-7-3-4-12(10-19)16(18)17-14/h3-9,19H,10H2,1-2H3. The number of imidazole rings is 1. The molecule has 0 unspecified atom stereocenters. The molecule has 3 aromatic rings. The molecule has 4 heteroatoms. The van der Waals surface area contributed by atoms with E-state index in [1.165, 1.54) is 0 Å². The van der Waals surface area contributed by atoms with Crippen LogP contribution in [0.3, 0.4) is 0 Å². The van der Waals surface area contributed by atoms with Crippen LogP contribution < -0.4 is 4.74 Å². The molecule has 0 fully saturated rings. The fraction of sp³-hybridized carbons (Fsp3) is 0.188. The van der Waals surface area contributed by atoms with E-state index in [0.717, 1.165) is 33.8 Å². The van der Waals surface area contributed by atoms with Crippen LogP contribution in [-0.4, -0.2) is 21.6 Å². The van der Waals surface area contributed by atoms with Gasteiger partial charge in [-0.1, -0.05) is 17.7 Å². The number of nitrogens with zero attached hydrogens (tertiary/aromatic N) is 2. The van der Waals surface area contributed by atoms with Crippen LogP contribution in [0.2, 0.25) is 0 Å². The lowest BCUT2D eigenvalue weighted by atomic mass is 10.1. The van der Waals surface area contributed by atoms with Crippen molar-refractivity contribution in [2.75, 3.05) is 7.11 Å². The van der Waals surface area contributed by atoms with Gasteiger partial charge in [-0.05, 0) is 25.1 Å². The molecule has 4 nitrogen and oxygen atoms in total. The summed E-state index contributed by atoms with van der Waals surface area (Å²) in [5.74, 6) is 0.796. The van der Waals surface area contributed by atoms with Crippen molar-refractivity contribution in [2.24, 2.45) is 0 Å². The number of pyridine rings is 1. The van der Waals surface area contributed by atoms with Crippen molar-refractivity contribution in [1.29, 1.82) is 0 Å². The number of methoxy groups -OCH3 is 1. The molecule has 0 spiro atoms. The van der Waals surface area contributed by atoms with E-state index in [9.17, 15) is 5.11 Å². The van der Waals surface area contributed by atoms with Gasteiger partial charge < -0.3 is 14.2 Å². The highest BCUT2D eigenvalue weighted by Gasteiger charge is 2.11. The molecule has 20 heavy (non-hydrogen) atoms. The minimum absolute atomic E-state index is 0.0221. The van der Waals surface area contributed by atoms with Gasteiger partial charge in [-0.2, -0.15) is 0 Å². The van der Waals surface area contributed by atoms with Gasteiger partial charge >= 0.3 is 0 Å². The van der Waals surface area contributed by atoms with Crippen LogP contribution in [0, 0.1) is 6.92 Å². The topological polar surface area (TPSA) is 46.8 Å². The Labute approximate surface area is 117 Å². The first-order valence-corrected chi connectivity index (χ1v) is 6.45. The number of aromatic nitrogens is 2. The summed E-state index contributed by atoms with van der Waals surface area (Å²) in [7, 11) is 1.66. The number of aliphatic hydroxyl groups excluding tert-OH is 1. The number of rotatable bonds is 3. The second kappa shape index (κ2) is 4.98. The molecule has 1 aromatic carbocycles. The molecule has 0 aliphatic rings. The van der Waals surface area contributed by atoms with E-state index in [2.05, 4.69) is 11.1 Å². The van der Waals surface area contributed by atoms with Crippen LogP contribution in [0.25, 0.3) is 16.9 Å². The smallest absolute Gasteiger partial charge is 0.142 e. The maximum Gasteiger partial charge on any atom is 0.142 e. The molecule has 102 valence electrons. The first kappa shape index (κ1) is 12.7. The third-order valence-electron chi connectivity index (χ3n) is 3.36. The molecule has 0 aliphatic heterocycles. The van der Waals surface area contributed by atoms with E-state index in [-0.39, 0.29) is 6.61 Å². The lowest BCUT2D eigenvalue weighted by Crippen LogP contribution is -1.90. The van der Waals surface area contributed by atoms with Crippen LogP contribution in [0.5, 0.6) is 5.75 Å². The van der Waals surface area contributed by atoms with Gasteiger partial charge in [-0.15, -0.1) is 0 Å². The number of fused-ring (bicyclic) bond motifs is 1. The Morgan fingerprint density at radius 1 is 1.30 bits per heavy atom. The maximum absolute atomic E-state index is 9.38. The summed E-state index contributed by atoms with van der Waals surface area (Å²) in [5, 5.41) is 9.38. The number of aryl methyl sites for hydroxylation is 1. The Kier molecular flexibility index (Phi) is 3.16. The number of benzene rings is 1. The van der Waals surface area contributed by atoms with Gasteiger partial charge in [0.1, 0.15) is 11.4 Å². The van der Waals surface area contributed by atoms with Gasteiger partial charge in [0.05, 0.1) is 19.4 Å². The summed E-state index contributed by atoms with van der Waals surface area (Å²) in [6.07, 6.45) is 3.87. The summed E-state index contributed by atoms with van der Waals surface area (Å²) in [6.45, 7) is 2.02. The van der Waals surface area contributed by atoms with Crippen molar-refractivity contribution in [3.63, 3.8) is 0 Å². The van der Waals surface area contributed by atoms with Crippen molar-refractivity contribution >= 4 is 5.65 Å². The molecule has 0 saturated carbocycles. The Bertz CT molecular complexity index is 762. The summed E-state index contributed by atoms with van der Waals surface area (Å²) in [6, 6.07) is 9.79. The molecule has 0 bridgehead atoms. The molecule has 0 atom stereocenters. The molecule has 3 rings (SSSR count). The molecule has 2 heterocycles. The summed E-state index contributed by atoms with van der Waals surface area (Å²) in [4.78, 5) is 4.63.